The molecule has 12 nitrogen and oxygen atoms in total. The molecule has 1 saturated carbocycles. The monoisotopic (exact) mass is 644 g/mol. The maximum absolute atomic E-state index is 14.3. The summed E-state index contributed by atoms with van der Waals surface area (Å²) in [4.78, 5) is 82.7. The Kier molecular flexibility index (Phi) is 11.4. The van der Waals surface area contributed by atoms with Crippen LogP contribution in [0.1, 0.15) is 88.0 Å². The Balaban J connectivity index is 1.81. The van der Waals surface area contributed by atoms with Crippen LogP contribution in [0.15, 0.2) is 12.7 Å². The van der Waals surface area contributed by atoms with E-state index < -0.39 is 47.2 Å². The van der Waals surface area contributed by atoms with Gasteiger partial charge in [-0.15, -0.1) is 6.58 Å². The molecule has 3 rings (SSSR count). The van der Waals surface area contributed by atoms with E-state index in [1.807, 2.05) is 48.5 Å². The van der Waals surface area contributed by atoms with Gasteiger partial charge >= 0.3 is 6.03 Å². The Morgan fingerprint density at radius 2 is 1.67 bits per heavy atom. The van der Waals surface area contributed by atoms with E-state index in [0.29, 0.717) is 32.5 Å². The molecule has 3 fully saturated rings. The maximum atomic E-state index is 14.3. The van der Waals surface area contributed by atoms with Crippen molar-refractivity contribution in [2.75, 3.05) is 26.2 Å². The minimum atomic E-state index is -1.03. The SMILES string of the molecule is C=CCNC(=O)C(=O)C(CCC)NC(=O)[C@@H]1[C@@H]2[C@H](CN1C(=O)[C@@H](NC(=O)N[C@H](CN1CCCC1=O)C(C)(C)C)C(C)(C)C)C2(C)C. The standard InChI is InChI=1S/C34H56N6O6/c1-11-14-21(26(42)29(44)35-16-12-2)36-28(43)25-24-20(34(24,9)10)18-40(25)30(45)27(33(6,7)8)38-31(46)37-22(32(3,4)5)19-39-17-13-15-23(39)41/h12,20-22,24-25,27H,2,11,13-19H2,1,3-10H3,(H,35,44)(H,36,43)(H2,37,38,46)/t20-,21?,22+,24-,25-,27+/m0/s1. The Hall–Kier alpha value is -3.44. The number of hydrogen-bond acceptors (Lipinski definition) is 6. The molecular weight excluding hydrogens is 588 g/mol. The number of carbonyl (C=O) groups is 6. The van der Waals surface area contributed by atoms with Crippen LogP contribution >= 0.6 is 0 Å². The Bertz CT molecular complexity index is 1220. The van der Waals surface area contributed by atoms with Gasteiger partial charge in [0.05, 0.1) is 12.1 Å². The number of fused-ring (bicyclic) bond motifs is 1. The van der Waals surface area contributed by atoms with Crippen LogP contribution in [0.25, 0.3) is 0 Å². The highest BCUT2D eigenvalue weighted by Gasteiger charge is 2.70. The Morgan fingerprint density at radius 3 is 2.20 bits per heavy atom. The van der Waals surface area contributed by atoms with E-state index in [1.54, 1.807) is 9.80 Å². The second-order valence-electron chi connectivity index (χ2n) is 15.9. The highest BCUT2D eigenvalue weighted by Crippen LogP contribution is 2.65. The van der Waals surface area contributed by atoms with Crippen LogP contribution < -0.4 is 21.3 Å². The molecule has 3 aliphatic rings. The number of Topliss-reactive ketones (excluding diaryl/α,β-unsaturated/α-hetero) is 1. The third-order valence-corrected chi connectivity index (χ3v) is 9.91. The first-order chi connectivity index (χ1) is 21.2. The number of hydrogen-bond donors (Lipinski definition) is 4. The van der Waals surface area contributed by atoms with Crippen molar-refractivity contribution in [2.45, 2.75) is 112 Å². The lowest BCUT2D eigenvalue weighted by atomic mass is 9.85. The van der Waals surface area contributed by atoms with Crippen molar-refractivity contribution >= 4 is 35.4 Å². The normalized spacial score (nSPS) is 23.9. The summed E-state index contributed by atoms with van der Waals surface area (Å²) in [5.41, 5.74) is -1.25. The molecule has 0 aromatic rings. The highest BCUT2D eigenvalue weighted by molar-refractivity contribution is 6.38. The summed E-state index contributed by atoms with van der Waals surface area (Å²) in [6, 6.07) is -3.73. The molecule has 4 N–H and O–H groups in total. The van der Waals surface area contributed by atoms with Crippen molar-refractivity contribution < 1.29 is 28.8 Å². The lowest BCUT2D eigenvalue weighted by molar-refractivity contribution is -0.145. The van der Waals surface area contributed by atoms with Crippen molar-refractivity contribution in [1.29, 1.82) is 0 Å². The molecule has 6 amide bonds. The molecule has 2 saturated heterocycles. The van der Waals surface area contributed by atoms with Gasteiger partial charge in [-0.05, 0) is 40.9 Å². The molecule has 258 valence electrons. The highest BCUT2D eigenvalue weighted by atomic mass is 16.2. The molecule has 0 aromatic heterocycles. The molecule has 0 spiro atoms. The van der Waals surface area contributed by atoms with Crippen LogP contribution in [-0.4, -0.2) is 95.6 Å². The molecule has 0 aromatic carbocycles. The number of piperidine rings is 1. The molecule has 2 heterocycles. The van der Waals surface area contributed by atoms with Gasteiger partial charge in [0.15, 0.2) is 0 Å². The van der Waals surface area contributed by atoms with E-state index in [0.717, 1.165) is 6.42 Å². The van der Waals surface area contributed by atoms with Crippen molar-refractivity contribution in [2.24, 2.45) is 28.1 Å². The first-order valence-electron chi connectivity index (χ1n) is 16.6. The third-order valence-electron chi connectivity index (χ3n) is 9.91. The molecular formula is C34H56N6O6. The zero-order valence-corrected chi connectivity index (χ0v) is 29.2. The predicted molar refractivity (Wildman–Crippen MR) is 175 cm³/mol. The van der Waals surface area contributed by atoms with E-state index in [1.165, 1.54) is 6.08 Å². The summed E-state index contributed by atoms with van der Waals surface area (Å²) in [7, 11) is 0. The van der Waals surface area contributed by atoms with Crippen LogP contribution in [0.3, 0.4) is 0 Å². The summed E-state index contributed by atoms with van der Waals surface area (Å²) in [5.74, 6) is -2.37. The number of likely N-dealkylation sites (tertiary alicyclic amines) is 2. The van der Waals surface area contributed by atoms with Crippen LogP contribution in [-0.2, 0) is 24.0 Å². The van der Waals surface area contributed by atoms with Gasteiger partial charge in [-0.25, -0.2) is 4.79 Å². The number of nitrogens with one attached hydrogen (secondary N) is 4. The lowest BCUT2D eigenvalue weighted by Gasteiger charge is -2.39. The minimum Gasteiger partial charge on any atom is -0.346 e. The molecule has 1 unspecified atom stereocenters. The molecule has 2 aliphatic heterocycles. The molecule has 6 atom stereocenters. The largest absolute Gasteiger partial charge is 0.346 e. The van der Waals surface area contributed by atoms with Crippen LogP contribution in [0.5, 0.6) is 0 Å². The molecule has 12 heteroatoms. The molecule has 1 aliphatic carbocycles. The van der Waals surface area contributed by atoms with Gasteiger partial charge in [0.25, 0.3) is 5.91 Å². The van der Waals surface area contributed by atoms with Gasteiger partial charge < -0.3 is 31.1 Å². The Labute approximate surface area is 274 Å². The van der Waals surface area contributed by atoms with Crippen molar-refractivity contribution in [3.63, 3.8) is 0 Å². The zero-order chi connectivity index (χ0) is 34.8. The minimum absolute atomic E-state index is 0.0688. The lowest BCUT2D eigenvalue weighted by Crippen LogP contribution is -2.62. The number of urea groups is 1. The van der Waals surface area contributed by atoms with Gasteiger partial charge in [0.2, 0.25) is 23.5 Å². The van der Waals surface area contributed by atoms with E-state index in [4.69, 9.17) is 0 Å². The second-order valence-corrected chi connectivity index (χ2v) is 15.9. The quantitative estimate of drug-likeness (QED) is 0.178. The summed E-state index contributed by atoms with van der Waals surface area (Å²) < 4.78 is 0. The maximum Gasteiger partial charge on any atom is 0.315 e. The summed E-state index contributed by atoms with van der Waals surface area (Å²) in [6.07, 6.45) is 3.59. The van der Waals surface area contributed by atoms with Crippen molar-refractivity contribution in [1.82, 2.24) is 31.1 Å². The number of ketones is 1. The fourth-order valence-corrected chi connectivity index (χ4v) is 6.84. The fraction of sp³-hybridized carbons (Fsp3) is 0.765. The summed E-state index contributed by atoms with van der Waals surface area (Å²) >= 11 is 0. The van der Waals surface area contributed by atoms with Crippen LogP contribution in [0.4, 0.5) is 4.79 Å². The van der Waals surface area contributed by atoms with Crippen LogP contribution in [0.2, 0.25) is 0 Å². The number of nitrogens with zero attached hydrogens (tertiary/aromatic N) is 2. The summed E-state index contributed by atoms with van der Waals surface area (Å²) in [5, 5.41) is 11.2. The molecule has 46 heavy (non-hydrogen) atoms. The van der Waals surface area contributed by atoms with Gasteiger partial charge in [-0.2, -0.15) is 0 Å². The van der Waals surface area contributed by atoms with Gasteiger partial charge in [-0.3, -0.25) is 24.0 Å². The van der Waals surface area contributed by atoms with Gasteiger partial charge in [0.1, 0.15) is 12.1 Å². The zero-order valence-electron chi connectivity index (χ0n) is 29.2. The topological polar surface area (TPSA) is 157 Å². The molecule has 0 bridgehead atoms. The van der Waals surface area contributed by atoms with E-state index in [-0.39, 0.29) is 53.5 Å². The average Bonchev–Trinajstić information content (AvgIpc) is 3.29. The van der Waals surface area contributed by atoms with E-state index >= 15 is 0 Å². The average molecular weight is 645 g/mol. The van der Waals surface area contributed by atoms with Gasteiger partial charge in [0, 0.05) is 32.6 Å². The third kappa shape index (κ3) is 8.28. The first-order valence-corrected chi connectivity index (χ1v) is 16.6. The number of carbonyl (C=O) groups excluding carboxylic acids is 6. The smallest absolute Gasteiger partial charge is 0.315 e. The Morgan fingerprint density at radius 1 is 1.02 bits per heavy atom. The van der Waals surface area contributed by atoms with Crippen molar-refractivity contribution in [3.8, 4) is 0 Å². The predicted octanol–water partition coefficient (Wildman–Crippen LogP) is 2.38. The second kappa shape index (κ2) is 14.1. The fourth-order valence-electron chi connectivity index (χ4n) is 6.84. The first kappa shape index (κ1) is 37.0. The van der Waals surface area contributed by atoms with Gasteiger partial charge in [-0.1, -0.05) is 74.8 Å². The van der Waals surface area contributed by atoms with Crippen molar-refractivity contribution in [3.05, 3.63) is 12.7 Å². The molecule has 0 radical (unpaired) electrons. The number of amides is 6. The van der Waals surface area contributed by atoms with Crippen LogP contribution in [0, 0.1) is 28.1 Å². The van der Waals surface area contributed by atoms with E-state index in [2.05, 4.69) is 41.7 Å². The number of rotatable bonds is 13. The van der Waals surface area contributed by atoms with E-state index in [9.17, 15) is 28.8 Å². The summed E-state index contributed by atoms with van der Waals surface area (Å²) in [6.45, 7) is 22.6.